The minimum atomic E-state index is -0.505. The van der Waals surface area contributed by atoms with Gasteiger partial charge < -0.3 is 20.3 Å². The average Bonchev–Trinajstić information content (AvgIpc) is 3.38. The molecule has 2 saturated heterocycles. The van der Waals surface area contributed by atoms with E-state index in [4.69, 9.17) is 9.72 Å². The molecular formula is C28H36N6O3. The van der Waals surface area contributed by atoms with Crippen molar-refractivity contribution in [1.82, 2.24) is 24.8 Å². The van der Waals surface area contributed by atoms with Gasteiger partial charge in [0.25, 0.3) is 5.56 Å². The molecule has 1 aromatic carbocycles. The highest BCUT2D eigenvalue weighted by Gasteiger charge is 2.28. The number of aromatic nitrogens is 3. The van der Waals surface area contributed by atoms with E-state index in [0.717, 1.165) is 48.9 Å². The van der Waals surface area contributed by atoms with Crippen molar-refractivity contribution >= 4 is 23.1 Å². The number of rotatable bonds is 4. The van der Waals surface area contributed by atoms with Gasteiger partial charge in [-0.2, -0.15) is 4.98 Å². The largest absolute Gasteiger partial charge is 0.444 e. The van der Waals surface area contributed by atoms with Crippen LogP contribution in [0.1, 0.15) is 51.6 Å². The SMILES string of the molecule is Cc1ccccc1-c1cc2cnc(NC3CCN(C(=O)OC(C)(C)C)CC3)nc2n([C@H]2CCNC2)c1=O. The number of fused-ring (bicyclic) bond motifs is 1. The maximum absolute atomic E-state index is 13.8. The quantitative estimate of drug-likeness (QED) is 0.551. The molecule has 9 heteroatoms. The maximum atomic E-state index is 13.8. The molecule has 0 saturated carbocycles. The van der Waals surface area contributed by atoms with Gasteiger partial charge in [-0.05, 0) is 70.7 Å². The first-order valence-corrected chi connectivity index (χ1v) is 13.1. The number of hydrogen-bond acceptors (Lipinski definition) is 7. The van der Waals surface area contributed by atoms with E-state index >= 15 is 0 Å². The molecule has 37 heavy (non-hydrogen) atoms. The second kappa shape index (κ2) is 10.1. The number of likely N-dealkylation sites (tertiary alicyclic amines) is 1. The molecule has 1 amide bonds. The molecule has 4 heterocycles. The molecule has 196 valence electrons. The third-order valence-electron chi connectivity index (χ3n) is 7.09. The second-order valence-electron chi connectivity index (χ2n) is 11.1. The van der Waals surface area contributed by atoms with E-state index in [2.05, 4.69) is 15.6 Å². The van der Waals surface area contributed by atoms with E-state index in [-0.39, 0.29) is 23.7 Å². The van der Waals surface area contributed by atoms with Gasteiger partial charge in [-0.25, -0.2) is 9.78 Å². The minimum Gasteiger partial charge on any atom is -0.444 e. The van der Waals surface area contributed by atoms with Crippen molar-refractivity contribution in [2.45, 2.75) is 64.6 Å². The summed E-state index contributed by atoms with van der Waals surface area (Å²) in [5.41, 5.74) is 2.80. The van der Waals surface area contributed by atoms with Crippen molar-refractivity contribution in [3.05, 3.63) is 52.4 Å². The molecule has 2 fully saturated rings. The Morgan fingerprint density at radius 2 is 1.89 bits per heavy atom. The topological polar surface area (TPSA) is 101 Å². The first-order valence-electron chi connectivity index (χ1n) is 13.1. The second-order valence-corrected chi connectivity index (χ2v) is 11.1. The van der Waals surface area contributed by atoms with Crippen LogP contribution in [0.5, 0.6) is 0 Å². The van der Waals surface area contributed by atoms with Crippen LogP contribution in [0.15, 0.2) is 41.3 Å². The number of anilines is 1. The number of nitrogens with one attached hydrogen (secondary N) is 2. The van der Waals surface area contributed by atoms with Gasteiger partial charge in [-0.3, -0.25) is 9.36 Å². The lowest BCUT2D eigenvalue weighted by Gasteiger charge is -2.33. The van der Waals surface area contributed by atoms with E-state index < -0.39 is 5.60 Å². The number of amides is 1. The Morgan fingerprint density at radius 1 is 1.14 bits per heavy atom. The summed E-state index contributed by atoms with van der Waals surface area (Å²) in [6, 6.07) is 10.1. The summed E-state index contributed by atoms with van der Waals surface area (Å²) in [6.45, 7) is 10.5. The molecule has 1 atom stereocenters. The van der Waals surface area contributed by atoms with Crippen LogP contribution >= 0.6 is 0 Å². The lowest BCUT2D eigenvalue weighted by atomic mass is 10.0. The number of carbonyl (C=O) groups excluding carboxylic acids is 1. The van der Waals surface area contributed by atoms with E-state index in [9.17, 15) is 9.59 Å². The fourth-order valence-corrected chi connectivity index (χ4v) is 5.17. The van der Waals surface area contributed by atoms with Crippen LogP contribution in [0.4, 0.5) is 10.7 Å². The maximum Gasteiger partial charge on any atom is 0.410 e. The number of carbonyl (C=O) groups is 1. The zero-order valence-electron chi connectivity index (χ0n) is 22.1. The molecule has 0 aliphatic carbocycles. The predicted molar refractivity (Wildman–Crippen MR) is 145 cm³/mol. The summed E-state index contributed by atoms with van der Waals surface area (Å²) in [6.07, 6.45) is 3.95. The molecule has 0 spiro atoms. The molecule has 2 aliphatic rings. The Morgan fingerprint density at radius 3 is 2.57 bits per heavy atom. The molecule has 2 aliphatic heterocycles. The van der Waals surface area contributed by atoms with Gasteiger partial charge in [0, 0.05) is 42.8 Å². The van der Waals surface area contributed by atoms with Crippen LogP contribution in [-0.2, 0) is 4.74 Å². The van der Waals surface area contributed by atoms with Gasteiger partial charge in [0.05, 0.1) is 6.04 Å². The third-order valence-corrected chi connectivity index (χ3v) is 7.09. The molecule has 2 aromatic heterocycles. The summed E-state index contributed by atoms with van der Waals surface area (Å²) in [5.74, 6) is 0.506. The Balaban J connectivity index is 1.41. The van der Waals surface area contributed by atoms with Gasteiger partial charge in [0.2, 0.25) is 5.95 Å². The van der Waals surface area contributed by atoms with Crippen LogP contribution in [0.25, 0.3) is 22.2 Å². The summed E-state index contributed by atoms with van der Waals surface area (Å²) in [5, 5.41) is 7.66. The van der Waals surface area contributed by atoms with Crippen LogP contribution in [-0.4, -0.2) is 63.4 Å². The monoisotopic (exact) mass is 504 g/mol. The number of pyridine rings is 1. The van der Waals surface area contributed by atoms with Gasteiger partial charge in [-0.1, -0.05) is 24.3 Å². The van der Waals surface area contributed by atoms with E-state index in [1.54, 1.807) is 11.1 Å². The number of piperidine rings is 1. The highest BCUT2D eigenvalue weighted by atomic mass is 16.6. The molecule has 5 rings (SSSR count). The van der Waals surface area contributed by atoms with E-state index in [1.807, 2.05) is 62.6 Å². The molecular weight excluding hydrogens is 468 g/mol. The van der Waals surface area contributed by atoms with Gasteiger partial charge in [0.1, 0.15) is 11.2 Å². The average molecular weight is 505 g/mol. The number of ether oxygens (including phenoxy) is 1. The molecule has 0 unspecified atom stereocenters. The molecule has 0 radical (unpaired) electrons. The fourth-order valence-electron chi connectivity index (χ4n) is 5.17. The first-order chi connectivity index (χ1) is 17.7. The highest BCUT2D eigenvalue weighted by molar-refractivity contribution is 5.82. The van der Waals surface area contributed by atoms with E-state index in [0.29, 0.717) is 30.2 Å². The molecule has 0 bridgehead atoms. The normalized spacial score (nSPS) is 18.8. The van der Waals surface area contributed by atoms with Crippen molar-refractivity contribution < 1.29 is 9.53 Å². The van der Waals surface area contributed by atoms with Gasteiger partial charge in [-0.15, -0.1) is 0 Å². The number of nitrogens with zero attached hydrogens (tertiary/aromatic N) is 4. The smallest absolute Gasteiger partial charge is 0.410 e. The Kier molecular flexibility index (Phi) is 6.90. The highest BCUT2D eigenvalue weighted by Crippen LogP contribution is 2.27. The molecule has 3 aromatic rings. The lowest BCUT2D eigenvalue weighted by Crippen LogP contribution is -2.44. The van der Waals surface area contributed by atoms with Crippen LogP contribution in [0, 0.1) is 6.92 Å². The number of hydrogen-bond donors (Lipinski definition) is 2. The summed E-state index contributed by atoms with van der Waals surface area (Å²) in [7, 11) is 0. The molecule has 2 N–H and O–H groups in total. The fraction of sp³-hybridized carbons (Fsp3) is 0.500. The van der Waals surface area contributed by atoms with Crippen LogP contribution < -0.4 is 16.2 Å². The zero-order chi connectivity index (χ0) is 26.2. The van der Waals surface area contributed by atoms with Crippen molar-refractivity contribution in [2.24, 2.45) is 0 Å². The van der Waals surface area contributed by atoms with Gasteiger partial charge >= 0.3 is 6.09 Å². The Hall–Kier alpha value is -3.46. The van der Waals surface area contributed by atoms with Crippen molar-refractivity contribution in [2.75, 3.05) is 31.5 Å². The van der Waals surface area contributed by atoms with Crippen LogP contribution in [0.3, 0.4) is 0 Å². The van der Waals surface area contributed by atoms with Gasteiger partial charge in [0.15, 0.2) is 0 Å². The van der Waals surface area contributed by atoms with E-state index in [1.165, 1.54) is 0 Å². The predicted octanol–water partition coefficient (Wildman–Crippen LogP) is 4.11. The Bertz CT molecular complexity index is 1350. The summed E-state index contributed by atoms with van der Waals surface area (Å²) < 4.78 is 7.36. The summed E-state index contributed by atoms with van der Waals surface area (Å²) >= 11 is 0. The zero-order valence-corrected chi connectivity index (χ0v) is 22.1. The van der Waals surface area contributed by atoms with Crippen molar-refractivity contribution in [3.8, 4) is 11.1 Å². The Labute approximate surface area is 217 Å². The van der Waals surface area contributed by atoms with Crippen molar-refractivity contribution in [1.29, 1.82) is 0 Å². The van der Waals surface area contributed by atoms with Crippen LogP contribution in [0.2, 0.25) is 0 Å². The number of aryl methyl sites for hydroxylation is 1. The summed E-state index contributed by atoms with van der Waals surface area (Å²) in [4.78, 5) is 37.4. The third kappa shape index (κ3) is 5.46. The minimum absolute atomic E-state index is 0.0224. The van der Waals surface area contributed by atoms with Crippen molar-refractivity contribution in [3.63, 3.8) is 0 Å². The lowest BCUT2D eigenvalue weighted by molar-refractivity contribution is 0.0210. The molecule has 9 nitrogen and oxygen atoms in total. The first kappa shape index (κ1) is 25.2. The standard InChI is InChI=1S/C28H36N6O3/c1-18-7-5-6-8-22(18)23-15-19-16-30-26(32-24(19)34(25(23)35)21-9-12-29-17-21)31-20-10-13-33(14-11-20)27(36)37-28(2,3)4/h5-8,15-16,20-21,29H,9-14,17H2,1-4H3,(H,30,31,32)/t21-/m0/s1. The number of benzene rings is 1.